The summed E-state index contributed by atoms with van der Waals surface area (Å²) in [6, 6.07) is 7.55. The number of aromatic nitrogens is 1. The van der Waals surface area contributed by atoms with E-state index in [1.54, 1.807) is 20.1 Å². The maximum absolute atomic E-state index is 11.8. The summed E-state index contributed by atoms with van der Waals surface area (Å²) in [6.07, 6.45) is 3.55. The molecule has 1 heterocycles. The van der Waals surface area contributed by atoms with E-state index in [-0.39, 0.29) is 12.4 Å². The summed E-state index contributed by atoms with van der Waals surface area (Å²) in [6.45, 7) is 2.03. The first-order valence-electron chi connectivity index (χ1n) is 6.72. The highest BCUT2D eigenvalue weighted by atomic mass is 79.9. The van der Waals surface area contributed by atoms with E-state index in [1.165, 1.54) is 0 Å². The summed E-state index contributed by atoms with van der Waals surface area (Å²) in [5.41, 5.74) is 1.49. The zero-order valence-corrected chi connectivity index (χ0v) is 13.9. The summed E-state index contributed by atoms with van der Waals surface area (Å²) in [7, 11) is 1.62. The fourth-order valence-electron chi connectivity index (χ4n) is 1.77. The van der Waals surface area contributed by atoms with Crippen molar-refractivity contribution in [2.45, 2.75) is 12.3 Å². The molecule has 0 aliphatic rings. The zero-order chi connectivity index (χ0) is 15.9. The molecule has 0 amide bonds. The lowest BCUT2D eigenvalue weighted by atomic mass is 10.2. The average molecular weight is 366 g/mol. The molecule has 2 aromatic rings. The lowest BCUT2D eigenvalue weighted by Crippen LogP contribution is -2.05. The van der Waals surface area contributed by atoms with Crippen molar-refractivity contribution in [3.8, 4) is 5.75 Å². The number of hydrogen-bond acceptors (Lipinski definition) is 5. The molecule has 0 aliphatic carbocycles. The topological polar surface area (TPSA) is 61.6 Å². The minimum Gasteiger partial charge on any atom is -0.497 e. The molecule has 0 bridgehead atoms. The van der Waals surface area contributed by atoms with Crippen LogP contribution < -0.4 is 4.74 Å². The van der Waals surface area contributed by atoms with Gasteiger partial charge in [-0.25, -0.2) is 9.78 Å². The largest absolute Gasteiger partial charge is 0.497 e. The molecule has 0 N–H and O–H groups in total. The van der Waals surface area contributed by atoms with E-state index in [0.29, 0.717) is 16.9 Å². The lowest BCUT2D eigenvalue weighted by molar-refractivity contribution is 0.0488. The third-order valence-corrected chi connectivity index (χ3v) is 3.37. The van der Waals surface area contributed by atoms with E-state index in [0.717, 1.165) is 11.3 Å². The second-order valence-corrected chi connectivity index (χ2v) is 4.85. The fraction of sp³-hybridized carbons (Fsp3) is 0.250. The highest BCUT2D eigenvalue weighted by molar-refractivity contribution is 9.08. The molecular formula is C16H16BrNO4. The summed E-state index contributed by atoms with van der Waals surface area (Å²) < 4.78 is 15.5. The van der Waals surface area contributed by atoms with Crippen molar-refractivity contribution in [1.82, 2.24) is 4.98 Å². The molecule has 1 aromatic heterocycles. The van der Waals surface area contributed by atoms with Crippen LogP contribution >= 0.6 is 15.9 Å². The lowest BCUT2D eigenvalue weighted by Gasteiger charge is -1.98. The first-order chi connectivity index (χ1) is 10.7. The van der Waals surface area contributed by atoms with E-state index in [9.17, 15) is 4.79 Å². The van der Waals surface area contributed by atoms with Crippen LogP contribution in [0.4, 0.5) is 0 Å². The van der Waals surface area contributed by atoms with E-state index < -0.39 is 5.97 Å². The maximum Gasteiger partial charge on any atom is 0.376 e. The quantitative estimate of drug-likeness (QED) is 0.573. The van der Waals surface area contributed by atoms with Gasteiger partial charge in [-0.05, 0) is 30.7 Å². The van der Waals surface area contributed by atoms with Gasteiger partial charge in [0, 0.05) is 11.4 Å². The molecule has 0 unspecified atom stereocenters. The Morgan fingerprint density at radius 1 is 1.32 bits per heavy atom. The van der Waals surface area contributed by atoms with Crippen molar-refractivity contribution in [3.63, 3.8) is 0 Å². The summed E-state index contributed by atoms with van der Waals surface area (Å²) in [5, 5.41) is 0.418. The number of carbonyl (C=O) groups excluding carboxylic acids is 1. The van der Waals surface area contributed by atoms with Crippen molar-refractivity contribution in [2.24, 2.45) is 0 Å². The zero-order valence-electron chi connectivity index (χ0n) is 12.3. The van der Waals surface area contributed by atoms with Gasteiger partial charge in [0.05, 0.1) is 13.7 Å². The smallest absolute Gasteiger partial charge is 0.376 e. The molecule has 0 saturated heterocycles. The Bertz CT molecular complexity index is 661. The van der Waals surface area contributed by atoms with Crippen LogP contribution in [0.2, 0.25) is 0 Å². The van der Waals surface area contributed by atoms with Crippen molar-refractivity contribution in [2.75, 3.05) is 13.7 Å². The number of rotatable bonds is 6. The number of methoxy groups -OCH3 is 1. The minimum absolute atomic E-state index is 0.133. The van der Waals surface area contributed by atoms with Crippen LogP contribution in [0.1, 0.15) is 34.6 Å². The van der Waals surface area contributed by atoms with Gasteiger partial charge in [0.25, 0.3) is 0 Å². The summed E-state index contributed by atoms with van der Waals surface area (Å²) >= 11 is 3.28. The highest BCUT2D eigenvalue weighted by Gasteiger charge is 2.19. The van der Waals surface area contributed by atoms with Crippen molar-refractivity contribution >= 4 is 34.1 Å². The van der Waals surface area contributed by atoms with Crippen molar-refractivity contribution < 1.29 is 18.7 Å². The molecule has 2 rings (SSSR count). The molecule has 0 fully saturated rings. The van der Waals surface area contributed by atoms with Gasteiger partial charge in [-0.15, -0.1) is 0 Å². The maximum atomic E-state index is 11.8. The van der Waals surface area contributed by atoms with Crippen LogP contribution in [0, 0.1) is 0 Å². The van der Waals surface area contributed by atoms with E-state index >= 15 is 0 Å². The number of ether oxygens (including phenoxy) is 2. The van der Waals surface area contributed by atoms with E-state index in [4.69, 9.17) is 13.9 Å². The Morgan fingerprint density at radius 2 is 2.05 bits per heavy atom. The minimum atomic E-state index is -0.506. The molecule has 0 saturated carbocycles. The van der Waals surface area contributed by atoms with Crippen LogP contribution in [0.3, 0.4) is 0 Å². The Balaban J connectivity index is 2.18. The second kappa shape index (κ2) is 7.79. The second-order valence-electron chi connectivity index (χ2n) is 4.29. The predicted octanol–water partition coefficient (Wildman–Crippen LogP) is 3.93. The Kier molecular flexibility index (Phi) is 5.77. The van der Waals surface area contributed by atoms with Gasteiger partial charge in [0.1, 0.15) is 11.4 Å². The number of benzene rings is 1. The summed E-state index contributed by atoms with van der Waals surface area (Å²) in [5.74, 6) is 0.773. The third-order valence-electron chi connectivity index (χ3n) is 2.84. The third kappa shape index (κ3) is 3.98. The first kappa shape index (κ1) is 16.3. The SMILES string of the molecule is CCOC(=O)c1oc(C=Cc2ccc(OC)cc2)nc1CBr. The molecule has 1 aromatic carbocycles. The Hall–Kier alpha value is -2.08. The van der Waals surface area contributed by atoms with Gasteiger partial charge >= 0.3 is 5.97 Å². The Morgan fingerprint density at radius 3 is 2.64 bits per heavy atom. The number of carbonyl (C=O) groups is 1. The number of halogens is 1. The fourth-order valence-corrected chi connectivity index (χ4v) is 2.15. The van der Waals surface area contributed by atoms with Crippen LogP contribution in [0.15, 0.2) is 28.7 Å². The summed E-state index contributed by atoms with van der Waals surface area (Å²) in [4.78, 5) is 16.0. The first-order valence-corrected chi connectivity index (χ1v) is 7.85. The van der Waals surface area contributed by atoms with Gasteiger partial charge in [0.15, 0.2) is 0 Å². The number of nitrogens with zero attached hydrogens (tertiary/aromatic N) is 1. The molecule has 116 valence electrons. The number of hydrogen-bond donors (Lipinski definition) is 0. The predicted molar refractivity (Wildman–Crippen MR) is 87.0 cm³/mol. The van der Waals surface area contributed by atoms with Gasteiger partial charge in [0.2, 0.25) is 11.7 Å². The standard InChI is InChI=1S/C16H16BrNO4/c1-3-21-16(19)15-13(10-17)18-14(22-15)9-6-11-4-7-12(20-2)8-5-11/h4-9H,3,10H2,1-2H3. The van der Waals surface area contributed by atoms with E-state index in [1.807, 2.05) is 30.3 Å². The van der Waals surface area contributed by atoms with Crippen molar-refractivity contribution in [3.05, 3.63) is 47.2 Å². The highest BCUT2D eigenvalue weighted by Crippen LogP contribution is 2.18. The Labute approximate surface area is 137 Å². The average Bonchev–Trinajstić information content (AvgIpc) is 2.97. The molecule has 5 nitrogen and oxygen atoms in total. The molecule has 22 heavy (non-hydrogen) atoms. The van der Waals surface area contributed by atoms with E-state index in [2.05, 4.69) is 20.9 Å². The molecular weight excluding hydrogens is 350 g/mol. The van der Waals surface area contributed by atoms with Gasteiger partial charge < -0.3 is 13.9 Å². The normalized spacial score (nSPS) is 10.9. The van der Waals surface area contributed by atoms with Gasteiger partial charge in [-0.3, -0.25) is 0 Å². The molecule has 0 radical (unpaired) electrons. The van der Waals surface area contributed by atoms with Crippen LogP contribution in [0.25, 0.3) is 12.2 Å². The van der Waals surface area contributed by atoms with Crippen LogP contribution in [-0.2, 0) is 10.1 Å². The molecule has 0 atom stereocenters. The van der Waals surface area contributed by atoms with Crippen LogP contribution in [0.5, 0.6) is 5.75 Å². The number of oxazole rings is 1. The number of esters is 1. The van der Waals surface area contributed by atoms with Crippen molar-refractivity contribution in [1.29, 1.82) is 0 Å². The monoisotopic (exact) mass is 365 g/mol. The molecule has 6 heteroatoms. The van der Waals surface area contributed by atoms with Gasteiger partial charge in [-0.2, -0.15) is 0 Å². The van der Waals surface area contributed by atoms with Gasteiger partial charge in [-0.1, -0.05) is 28.1 Å². The van der Waals surface area contributed by atoms with Crippen LogP contribution in [-0.4, -0.2) is 24.7 Å². The molecule has 0 aliphatic heterocycles. The number of alkyl halides is 1. The molecule has 0 spiro atoms.